The number of carbonyl (C=O) groups is 1. The molecule has 2 rings (SSSR count). The number of halogens is 1. The Kier molecular flexibility index (Phi) is 7.16. The zero-order valence-corrected chi connectivity index (χ0v) is 16.2. The monoisotopic (exact) mass is 378 g/mol. The molecule has 2 aromatic rings. The van der Waals surface area contributed by atoms with E-state index in [0.29, 0.717) is 34.4 Å². The van der Waals surface area contributed by atoms with Gasteiger partial charge in [-0.25, -0.2) is 4.79 Å². The lowest BCUT2D eigenvalue weighted by Crippen LogP contribution is -2.11. The molecule has 0 aliphatic carbocycles. The van der Waals surface area contributed by atoms with Crippen LogP contribution >= 0.6 is 11.6 Å². The highest BCUT2D eigenvalue weighted by molar-refractivity contribution is 6.31. The van der Waals surface area contributed by atoms with Gasteiger partial charge in [0, 0.05) is 5.02 Å². The molecule has 6 heteroatoms. The van der Waals surface area contributed by atoms with E-state index in [0.717, 1.165) is 17.5 Å². The van der Waals surface area contributed by atoms with Gasteiger partial charge in [0.05, 0.1) is 19.3 Å². The summed E-state index contributed by atoms with van der Waals surface area (Å²) >= 11 is 6.29. The Labute approximate surface area is 158 Å². The summed E-state index contributed by atoms with van der Waals surface area (Å²) in [5, 5.41) is 0.664. The van der Waals surface area contributed by atoms with Crippen LogP contribution < -0.4 is 14.2 Å². The summed E-state index contributed by atoms with van der Waals surface area (Å²) in [6.45, 7) is 6.53. The van der Waals surface area contributed by atoms with Crippen LogP contribution in [0.1, 0.15) is 30.5 Å². The average Bonchev–Trinajstić information content (AvgIpc) is 2.63. The van der Waals surface area contributed by atoms with Crippen molar-refractivity contribution in [2.24, 2.45) is 0 Å². The Morgan fingerprint density at radius 3 is 2.46 bits per heavy atom. The van der Waals surface area contributed by atoms with Gasteiger partial charge in [-0.3, -0.25) is 0 Å². The minimum Gasteiger partial charge on any atom is -0.493 e. The van der Waals surface area contributed by atoms with Crippen molar-refractivity contribution in [1.29, 1.82) is 0 Å². The van der Waals surface area contributed by atoms with Gasteiger partial charge in [-0.05, 0) is 49.6 Å². The van der Waals surface area contributed by atoms with Crippen LogP contribution in [0.5, 0.6) is 17.2 Å². The minimum absolute atomic E-state index is 0.158. The van der Waals surface area contributed by atoms with E-state index in [2.05, 4.69) is 11.7 Å². The summed E-state index contributed by atoms with van der Waals surface area (Å²) in [6.07, 6.45) is 0.0518. The van der Waals surface area contributed by atoms with E-state index in [1.54, 1.807) is 24.3 Å². The molecule has 0 N–H and O–H groups in total. The van der Waals surface area contributed by atoms with Gasteiger partial charge in [0.2, 0.25) is 0 Å². The van der Waals surface area contributed by atoms with Gasteiger partial charge in [0.25, 0.3) is 0 Å². The lowest BCUT2D eigenvalue weighted by atomic mass is 10.1. The fourth-order valence-corrected chi connectivity index (χ4v) is 2.79. The zero-order valence-electron chi connectivity index (χ0n) is 15.4. The standard InChI is InChI=1S/C20H23ClO5/c1-5-14-10-13(3)19(11-16(14)21)25-12-15-17(24-6-2)8-7-9-18(15)26-20(22)23-4/h7-11H,5-6,12H2,1-4H3. The number of aryl methyl sites for hydroxylation is 2. The Morgan fingerprint density at radius 1 is 1.08 bits per heavy atom. The van der Waals surface area contributed by atoms with Crippen LogP contribution in [0.3, 0.4) is 0 Å². The van der Waals surface area contributed by atoms with Gasteiger partial charge in [-0.15, -0.1) is 0 Å². The maximum absolute atomic E-state index is 11.5. The molecule has 26 heavy (non-hydrogen) atoms. The largest absolute Gasteiger partial charge is 0.513 e. The molecule has 0 saturated carbocycles. The number of benzene rings is 2. The van der Waals surface area contributed by atoms with E-state index < -0.39 is 6.16 Å². The molecule has 0 aliphatic heterocycles. The first kappa shape index (κ1) is 19.9. The van der Waals surface area contributed by atoms with Crippen molar-refractivity contribution in [2.45, 2.75) is 33.8 Å². The van der Waals surface area contributed by atoms with Crippen LogP contribution in [-0.4, -0.2) is 19.9 Å². The van der Waals surface area contributed by atoms with Crippen LogP contribution in [-0.2, 0) is 17.8 Å². The lowest BCUT2D eigenvalue weighted by Gasteiger charge is -2.16. The Bertz CT molecular complexity index is 773. The Balaban J connectivity index is 2.30. The first-order valence-electron chi connectivity index (χ1n) is 8.42. The van der Waals surface area contributed by atoms with E-state index in [4.69, 9.17) is 25.8 Å². The quantitative estimate of drug-likeness (QED) is 0.481. The van der Waals surface area contributed by atoms with E-state index in [-0.39, 0.29) is 6.61 Å². The average molecular weight is 379 g/mol. The molecule has 2 aromatic carbocycles. The second kappa shape index (κ2) is 9.34. The summed E-state index contributed by atoms with van der Waals surface area (Å²) in [5.41, 5.74) is 2.67. The molecule has 140 valence electrons. The van der Waals surface area contributed by atoms with Crippen molar-refractivity contribution < 1.29 is 23.7 Å². The van der Waals surface area contributed by atoms with Gasteiger partial charge in [-0.1, -0.05) is 30.7 Å². The minimum atomic E-state index is -0.800. The molecule has 0 fully saturated rings. The molecule has 0 amide bonds. The molecule has 0 spiro atoms. The molecular weight excluding hydrogens is 356 g/mol. The van der Waals surface area contributed by atoms with E-state index >= 15 is 0 Å². The van der Waals surface area contributed by atoms with E-state index in [9.17, 15) is 4.79 Å². The normalized spacial score (nSPS) is 10.3. The third-order valence-corrected chi connectivity index (χ3v) is 4.20. The maximum Gasteiger partial charge on any atom is 0.513 e. The van der Waals surface area contributed by atoms with E-state index in [1.165, 1.54) is 7.11 Å². The molecule has 0 unspecified atom stereocenters. The van der Waals surface area contributed by atoms with Crippen molar-refractivity contribution in [3.63, 3.8) is 0 Å². The summed E-state index contributed by atoms with van der Waals surface area (Å²) in [4.78, 5) is 11.5. The maximum atomic E-state index is 11.5. The van der Waals surface area contributed by atoms with Gasteiger partial charge in [0.15, 0.2) is 0 Å². The number of hydrogen-bond acceptors (Lipinski definition) is 5. The van der Waals surface area contributed by atoms with Crippen molar-refractivity contribution in [1.82, 2.24) is 0 Å². The van der Waals surface area contributed by atoms with Crippen molar-refractivity contribution in [3.8, 4) is 17.2 Å². The number of carbonyl (C=O) groups excluding carboxylic acids is 1. The SMILES string of the molecule is CCOc1cccc(OC(=O)OC)c1COc1cc(Cl)c(CC)cc1C. The van der Waals surface area contributed by atoms with Crippen molar-refractivity contribution in [2.75, 3.05) is 13.7 Å². The molecular formula is C20H23ClO5. The Hall–Kier alpha value is -2.40. The molecule has 0 saturated heterocycles. The van der Waals surface area contributed by atoms with Crippen molar-refractivity contribution >= 4 is 17.8 Å². The fourth-order valence-electron chi connectivity index (χ4n) is 2.50. The molecule has 0 atom stereocenters. The van der Waals surface area contributed by atoms with Gasteiger partial charge in [0.1, 0.15) is 23.9 Å². The third kappa shape index (κ3) is 4.82. The molecule has 0 radical (unpaired) electrons. The van der Waals surface area contributed by atoms with E-state index in [1.807, 2.05) is 19.9 Å². The number of ether oxygens (including phenoxy) is 4. The summed E-state index contributed by atoms with van der Waals surface area (Å²) in [5.74, 6) is 1.59. The highest BCUT2D eigenvalue weighted by Crippen LogP contribution is 2.32. The Morgan fingerprint density at radius 2 is 1.81 bits per heavy atom. The topological polar surface area (TPSA) is 54.0 Å². The summed E-state index contributed by atoms with van der Waals surface area (Å²) in [6, 6.07) is 9.02. The number of methoxy groups -OCH3 is 1. The molecule has 0 heterocycles. The summed E-state index contributed by atoms with van der Waals surface area (Å²) < 4.78 is 21.4. The third-order valence-electron chi connectivity index (χ3n) is 3.85. The molecule has 0 aromatic heterocycles. The zero-order chi connectivity index (χ0) is 19.1. The smallest absolute Gasteiger partial charge is 0.493 e. The molecule has 0 bridgehead atoms. The van der Waals surface area contributed by atoms with Crippen molar-refractivity contribution in [3.05, 3.63) is 52.0 Å². The fraction of sp³-hybridized carbons (Fsp3) is 0.350. The van der Waals surface area contributed by atoms with Crippen LogP contribution in [0.2, 0.25) is 5.02 Å². The number of hydrogen-bond donors (Lipinski definition) is 0. The van der Waals surface area contributed by atoms with Gasteiger partial charge >= 0.3 is 6.16 Å². The first-order valence-corrected chi connectivity index (χ1v) is 8.80. The van der Waals surface area contributed by atoms with Crippen LogP contribution in [0.25, 0.3) is 0 Å². The number of rotatable bonds is 7. The highest BCUT2D eigenvalue weighted by atomic mass is 35.5. The molecule has 5 nitrogen and oxygen atoms in total. The predicted octanol–water partition coefficient (Wildman–Crippen LogP) is 5.33. The van der Waals surface area contributed by atoms with Crippen LogP contribution in [0.15, 0.2) is 30.3 Å². The first-order chi connectivity index (χ1) is 12.5. The summed E-state index contributed by atoms with van der Waals surface area (Å²) in [7, 11) is 1.26. The second-order valence-corrected chi connectivity index (χ2v) is 5.98. The van der Waals surface area contributed by atoms with Gasteiger partial charge in [-0.2, -0.15) is 0 Å². The second-order valence-electron chi connectivity index (χ2n) is 5.57. The molecule has 0 aliphatic rings. The van der Waals surface area contributed by atoms with Crippen LogP contribution in [0, 0.1) is 6.92 Å². The lowest BCUT2D eigenvalue weighted by molar-refractivity contribution is 0.120. The highest BCUT2D eigenvalue weighted by Gasteiger charge is 2.16. The van der Waals surface area contributed by atoms with Gasteiger partial charge < -0.3 is 18.9 Å². The predicted molar refractivity (Wildman–Crippen MR) is 101 cm³/mol. The van der Waals surface area contributed by atoms with Crippen LogP contribution in [0.4, 0.5) is 4.79 Å².